The number of aliphatic hydroxyl groups excluding tert-OH is 2. The number of nitrogens with one attached hydrogen (secondary N) is 1. The van der Waals surface area contributed by atoms with Crippen molar-refractivity contribution in [1.82, 2.24) is 24.8 Å². The number of hydrogen-bond donors (Lipinski definition) is 4. The van der Waals surface area contributed by atoms with Crippen LogP contribution < -0.4 is 11.1 Å². The maximum Gasteiger partial charge on any atom is 0.143 e. The molecule has 1 aromatic carbocycles. The molecule has 176 valence electrons. The number of pyridine rings is 1. The normalized spacial score (nSPS) is 29.4. The first-order chi connectivity index (χ1) is 16.4. The molecule has 4 heterocycles. The van der Waals surface area contributed by atoms with E-state index in [0.717, 1.165) is 50.5 Å². The number of benzene rings is 1. The van der Waals surface area contributed by atoms with E-state index in [1.807, 2.05) is 29.8 Å². The number of fused-ring (bicyclic) bond motifs is 2. The quantitative estimate of drug-likeness (QED) is 0.318. The van der Waals surface area contributed by atoms with Crippen LogP contribution in [-0.2, 0) is 0 Å². The van der Waals surface area contributed by atoms with E-state index in [2.05, 4.69) is 54.4 Å². The molecule has 1 saturated heterocycles. The van der Waals surface area contributed by atoms with E-state index in [-0.39, 0.29) is 17.5 Å². The van der Waals surface area contributed by atoms with Crippen LogP contribution in [-0.4, -0.2) is 48.5 Å². The molecular weight excluding hydrogens is 496 g/mol. The lowest BCUT2D eigenvalue weighted by molar-refractivity contribution is -0.0398. The van der Waals surface area contributed by atoms with Crippen LogP contribution in [0.15, 0.2) is 47.3 Å². The number of aliphatic hydroxyl groups is 2. The first kappa shape index (κ1) is 21.9. The number of nitrogens with zero attached hydrogens (tertiary/aromatic N) is 4. The third-order valence-corrected chi connectivity index (χ3v) is 8.52. The van der Waals surface area contributed by atoms with Gasteiger partial charge in [-0.3, -0.25) is 0 Å². The van der Waals surface area contributed by atoms with Crippen molar-refractivity contribution in [2.24, 2.45) is 5.41 Å². The van der Waals surface area contributed by atoms with E-state index in [4.69, 9.17) is 5.73 Å². The van der Waals surface area contributed by atoms with Gasteiger partial charge in [0.1, 0.15) is 23.9 Å². The number of halogens is 1. The Balaban J connectivity index is 1.24. The van der Waals surface area contributed by atoms with Crippen LogP contribution in [0.25, 0.3) is 21.9 Å². The minimum Gasteiger partial charge on any atom is -0.390 e. The Morgan fingerprint density at radius 2 is 2.06 bits per heavy atom. The minimum atomic E-state index is -0.851. The molecule has 6 rings (SSSR count). The van der Waals surface area contributed by atoms with Gasteiger partial charge in [0.15, 0.2) is 0 Å². The highest BCUT2D eigenvalue weighted by Crippen LogP contribution is 2.51. The van der Waals surface area contributed by atoms with Crippen molar-refractivity contribution >= 4 is 43.7 Å². The van der Waals surface area contributed by atoms with Crippen LogP contribution in [0.2, 0.25) is 0 Å². The summed E-state index contributed by atoms with van der Waals surface area (Å²) in [5.41, 5.74) is 9.34. The lowest BCUT2D eigenvalue weighted by Gasteiger charge is -2.40. The fourth-order valence-electron chi connectivity index (χ4n) is 5.91. The maximum atomic E-state index is 11.2. The van der Waals surface area contributed by atoms with E-state index < -0.39 is 12.2 Å². The molecule has 5 unspecified atom stereocenters. The SMILES string of the molecule is Cc1ncnc2c1ccn2C1CC2(CCC(c3ccc4cc(Br)c(N)nc4c3)NC2)C(O)C1O. The van der Waals surface area contributed by atoms with E-state index in [1.54, 1.807) is 6.33 Å². The van der Waals surface area contributed by atoms with Crippen molar-refractivity contribution in [1.29, 1.82) is 0 Å². The molecule has 34 heavy (non-hydrogen) atoms. The smallest absolute Gasteiger partial charge is 0.143 e. The molecule has 2 aliphatic rings. The average Bonchev–Trinajstić information content (AvgIpc) is 3.36. The number of nitrogen functional groups attached to an aromatic ring is 1. The third-order valence-electron chi connectivity index (χ3n) is 7.88. The summed E-state index contributed by atoms with van der Waals surface area (Å²) < 4.78 is 2.81. The van der Waals surface area contributed by atoms with Gasteiger partial charge in [0.2, 0.25) is 0 Å². The summed E-state index contributed by atoms with van der Waals surface area (Å²) in [6, 6.07) is 10.2. The summed E-state index contributed by atoms with van der Waals surface area (Å²) in [7, 11) is 0. The third kappa shape index (κ3) is 3.33. The Morgan fingerprint density at radius 1 is 1.21 bits per heavy atom. The molecule has 0 bridgehead atoms. The second kappa shape index (κ2) is 7.98. The second-order valence-corrected chi connectivity index (χ2v) is 10.6. The molecule has 1 spiro atoms. The van der Waals surface area contributed by atoms with E-state index in [1.165, 1.54) is 0 Å². The molecule has 9 heteroatoms. The minimum absolute atomic E-state index is 0.160. The summed E-state index contributed by atoms with van der Waals surface area (Å²) >= 11 is 3.44. The van der Waals surface area contributed by atoms with Crippen molar-refractivity contribution < 1.29 is 10.2 Å². The van der Waals surface area contributed by atoms with Crippen LogP contribution in [0.1, 0.15) is 42.6 Å². The topological polar surface area (TPSA) is 122 Å². The van der Waals surface area contributed by atoms with E-state index >= 15 is 0 Å². The zero-order valence-electron chi connectivity index (χ0n) is 18.8. The number of aromatic nitrogens is 4. The van der Waals surface area contributed by atoms with Gasteiger partial charge in [0.05, 0.1) is 27.8 Å². The van der Waals surface area contributed by atoms with Gasteiger partial charge in [-0.15, -0.1) is 0 Å². The van der Waals surface area contributed by atoms with Gasteiger partial charge in [-0.1, -0.05) is 12.1 Å². The molecule has 5 N–H and O–H groups in total. The van der Waals surface area contributed by atoms with Gasteiger partial charge in [-0.2, -0.15) is 0 Å². The summed E-state index contributed by atoms with van der Waals surface area (Å²) in [5.74, 6) is 0.479. The first-order valence-corrected chi connectivity index (χ1v) is 12.4. The van der Waals surface area contributed by atoms with Crippen molar-refractivity contribution in [3.8, 4) is 0 Å². The van der Waals surface area contributed by atoms with Crippen LogP contribution in [0.5, 0.6) is 0 Å². The average molecular weight is 523 g/mol. The van der Waals surface area contributed by atoms with Crippen molar-refractivity contribution in [2.75, 3.05) is 12.3 Å². The van der Waals surface area contributed by atoms with Gasteiger partial charge in [0, 0.05) is 35.0 Å². The van der Waals surface area contributed by atoms with Gasteiger partial charge in [-0.25, -0.2) is 15.0 Å². The van der Waals surface area contributed by atoms with Crippen molar-refractivity contribution in [2.45, 2.75) is 50.5 Å². The summed E-state index contributed by atoms with van der Waals surface area (Å²) in [6.07, 6.45) is 4.22. The second-order valence-electron chi connectivity index (χ2n) is 9.77. The van der Waals surface area contributed by atoms with Gasteiger partial charge < -0.3 is 25.8 Å². The molecular formula is C25H27BrN6O2. The first-order valence-electron chi connectivity index (χ1n) is 11.6. The number of hydrogen-bond acceptors (Lipinski definition) is 7. The monoisotopic (exact) mass is 522 g/mol. The van der Waals surface area contributed by atoms with Crippen LogP contribution in [0, 0.1) is 12.3 Å². The highest BCUT2D eigenvalue weighted by atomic mass is 79.9. The lowest BCUT2D eigenvalue weighted by Crippen LogP contribution is -2.48. The molecule has 5 atom stereocenters. The fourth-order valence-corrected chi connectivity index (χ4v) is 6.24. The highest BCUT2D eigenvalue weighted by Gasteiger charge is 2.54. The lowest BCUT2D eigenvalue weighted by atomic mass is 9.74. The zero-order chi connectivity index (χ0) is 23.6. The number of anilines is 1. The molecule has 1 aliphatic carbocycles. The van der Waals surface area contributed by atoms with Crippen molar-refractivity contribution in [3.05, 3.63) is 58.6 Å². The Morgan fingerprint density at radius 3 is 2.85 bits per heavy atom. The maximum absolute atomic E-state index is 11.2. The molecule has 0 radical (unpaired) electrons. The molecule has 3 aromatic heterocycles. The molecule has 4 aromatic rings. The largest absolute Gasteiger partial charge is 0.390 e. The van der Waals surface area contributed by atoms with Gasteiger partial charge in [0.25, 0.3) is 0 Å². The Hall–Kier alpha value is -2.59. The predicted molar refractivity (Wildman–Crippen MR) is 134 cm³/mol. The van der Waals surface area contributed by atoms with Crippen LogP contribution >= 0.6 is 15.9 Å². The number of nitrogens with two attached hydrogens (primary N) is 1. The summed E-state index contributed by atoms with van der Waals surface area (Å²) in [6.45, 7) is 2.59. The Kier molecular flexibility index (Phi) is 5.14. The predicted octanol–water partition coefficient (Wildman–Crippen LogP) is 3.41. The summed E-state index contributed by atoms with van der Waals surface area (Å²) in [5, 5.41) is 27.9. The van der Waals surface area contributed by atoms with Crippen LogP contribution in [0.3, 0.4) is 0 Å². The molecule has 8 nitrogen and oxygen atoms in total. The summed E-state index contributed by atoms with van der Waals surface area (Å²) in [4.78, 5) is 13.2. The zero-order valence-corrected chi connectivity index (χ0v) is 20.4. The van der Waals surface area contributed by atoms with Crippen molar-refractivity contribution in [3.63, 3.8) is 0 Å². The molecule has 1 saturated carbocycles. The van der Waals surface area contributed by atoms with E-state index in [9.17, 15) is 10.2 Å². The fraction of sp³-hybridized carbons (Fsp3) is 0.400. The number of piperidine rings is 1. The van der Waals surface area contributed by atoms with Gasteiger partial charge >= 0.3 is 0 Å². The Bertz CT molecular complexity index is 1400. The molecule has 2 fully saturated rings. The number of rotatable bonds is 2. The standard InChI is InChI=1S/C25H27BrN6O2/c1-13-16-5-7-32(24(16)30-12-29-13)20-10-25(22(34)21(20)33)6-4-18(28-11-25)15-3-2-14-8-17(26)23(27)31-19(14)9-15/h2-3,5,7-9,12,18,20-22,28,33-34H,4,6,10-11H2,1H3,(H2,27,31). The number of aryl methyl sites for hydroxylation is 1. The van der Waals surface area contributed by atoms with Crippen LogP contribution in [0.4, 0.5) is 5.82 Å². The Labute approximate surface area is 205 Å². The highest BCUT2D eigenvalue weighted by molar-refractivity contribution is 9.10. The molecule has 0 amide bonds. The van der Waals surface area contributed by atoms with E-state index in [0.29, 0.717) is 18.8 Å². The molecule has 1 aliphatic heterocycles. The van der Waals surface area contributed by atoms with Gasteiger partial charge in [-0.05, 0) is 65.9 Å².